The first-order chi connectivity index (χ1) is 12.4. The number of nitrogens with one attached hydrogen (secondary N) is 1. The van der Waals surface area contributed by atoms with Crippen molar-refractivity contribution in [1.82, 2.24) is 19.6 Å². The van der Waals surface area contributed by atoms with E-state index < -0.39 is 10.0 Å². The molecule has 0 spiro atoms. The van der Waals surface area contributed by atoms with Gasteiger partial charge in [0, 0.05) is 30.9 Å². The van der Waals surface area contributed by atoms with Crippen molar-refractivity contribution in [2.24, 2.45) is 5.73 Å². The van der Waals surface area contributed by atoms with Gasteiger partial charge in [0.05, 0.1) is 29.0 Å². The summed E-state index contributed by atoms with van der Waals surface area (Å²) in [5.41, 5.74) is 7.49. The van der Waals surface area contributed by atoms with E-state index in [1.54, 1.807) is 24.5 Å². The van der Waals surface area contributed by atoms with Crippen LogP contribution >= 0.6 is 12.4 Å². The minimum atomic E-state index is -3.65. The standard InChI is InChI=1S/C17H21N5O3S.ClH/c1-12-8-20-15(9-19-12)10-21-17(23)13-3-2-4-16(7-13)26(24,25)22-6-5-14(18)11-22;/h2-4,7-9,14H,5-6,10-11,18H2,1H3,(H,21,23);1H. The lowest BCUT2D eigenvalue weighted by Gasteiger charge is -2.16. The number of rotatable bonds is 5. The lowest BCUT2D eigenvalue weighted by atomic mass is 10.2. The lowest BCUT2D eigenvalue weighted by Crippen LogP contribution is -2.32. The van der Waals surface area contributed by atoms with E-state index in [2.05, 4.69) is 15.3 Å². The number of hydrogen-bond acceptors (Lipinski definition) is 6. The number of aryl methyl sites for hydroxylation is 1. The molecule has 1 amide bonds. The van der Waals surface area contributed by atoms with Gasteiger partial charge in [0.2, 0.25) is 10.0 Å². The summed E-state index contributed by atoms with van der Waals surface area (Å²) < 4.78 is 26.7. The molecule has 3 rings (SSSR count). The number of nitrogens with two attached hydrogens (primary N) is 1. The van der Waals surface area contributed by atoms with E-state index in [9.17, 15) is 13.2 Å². The van der Waals surface area contributed by atoms with Crippen molar-refractivity contribution in [3.05, 3.63) is 53.6 Å². The predicted molar refractivity (Wildman–Crippen MR) is 103 cm³/mol. The number of halogens is 1. The first kappa shape index (κ1) is 21.2. The Labute approximate surface area is 164 Å². The molecule has 1 aliphatic rings. The number of carbonyl (C=O) groups is 1. The van der Waals surface area contributed by atoms with E-state index in [4.69, 9.17) is 5.73 Å². The summed E-state index contributed by atoms with van der Waals surface area (Å²) in [6.07, 6.45) is 3.85. The van der Waals surface area contributed by atoms with Gasteiger partial charge in [-0.25, -0.2) is 8.42 Å². The fourth-order valence-electron chi connectivity index (χ4n) is 2.70. The van der Waals surface area contributed by atoms with Gasteiger partial charge in [-0.1, -0.05) is 6.07 Å². The van der Waals surface area contributed by atoms with Gasteiger partial charge in [-0.2, -0.15) is 4.31 Å². The Bertz CT molecular complexity index is 905. The molecule has 2 heterocycles. The average Bonchev–Trinajstić information content (AvgIpc) is 3.08. The molecule has 8 nitrogen and oxygen atoms in total. The summed E-state index contributed by atoms with van der Waals surface area (Å²) in [5.74, 6) is -0.373. The molecule has 27 heavy (non-hydrogen) atoms. The second kappa shape index (κ2) is 8.75. The SMILES string of the molecule is Cc1cnc(CNC(=O)c2cccc(S(=O)(=O)N3CCC(N)C3)c2)cn1.Cl. The van der Waals surface area contributed by atoms with Crippen LogP contribution in [0.25, 0.3) is 0 Å². The van der Waals surface area contributed by atoms with Crippen LogP contribution < -0.4 is 11.1 Å². The monoisotopic (exact) mass is 411 g/mol. The van der Waals surface area contributed by atoms with Crippen molar-refractivity contribution in [3.63, 3.8) is 0 Å². The third-order valence-corrected chi connectivity index (χ3v) is 6.05. The van der Waals surface area contributed by atoms with Crippen molar-refractivity contribution in [1.29, 1.82) is 0 Å². The van der Waals surface area contributed by atoms with Crippen LogP contribution in [0, 0.1) is 6.92 Å². The summed E-state index contributed by atoms with van der Waals surface area (Å²) in [6.45, 7) is 2.73. The summed E-state index contributed by atoms with van der Waals surface area (Å²) in [6, 6.07) is 5.86. The molecule has 1 aromatic heterocycles. The van der Waals surface area contributed by atoms with Crippen LogP contribution in [-0.2, 0) is 16.6 Å². The van der Waals surface area contributed by atoms with Gasteiger partial charge < -0.3 is 11.1 Å². The highest BCUT2D eigenvalue weighted by Gasteiger charge is 2.31. The maximum absolute atomic E-state index is 12.7. The second-order valence-corrected chi connectivity index (χ2v) is 8.21. The van der Waals surface area contributed by atoms with Crippen molar-refractivity contribution in [3.8, 4) is 0 Å². The third-order valence-electron chi connectivity index (χ3n) is 4.19. The van der Waals surface area contributed by atoms with Gasteiger partial charge in [-0.3, -0.25) is 14.8 Å². The molecular weight excluding hydrogens is 390 g/mol. The highest BCUT2D eigenvalue weighted by molar-refractivity contribution is 7.89. The first-order valence-electron chi connectivity index (χ1n) is 8.28. The van der Waals surface area contributed by atoms with Gasteiger partial charge in [-0.05, 0) is 31.5 Å². The van der Waals surface area contributed by atoms with Crippen LogP contribution in [0.1, 0.15) is 28.2 Å². The van der Waals surface area contributed by atoms with E-state index >= 15 is 0 Å². The van der Waals surface area contributed by atoms with E-state index in [0.29, 0.717) is 25.2 Å². The predicted octanol–water partition coefficient (Wildman–Crippen LogP) is 0.859. The van der Waals surface area contributed by atoms with Crippen LogP contribution in [0.4, 0.5) is 0 Å². The molecule has 3 N–H and O–H groups in total. The Morgan fingerprint density at radius 2 is 2.11 bits per heavy atom. The third kappa shape index (κ3) is 5.01. The number of hydrogen-bond donors (Lipinski definition) is 2. The lowest BCUT2D eigenvalue weighted by molar-refractivity contribution is 0.0950. The van der Waals surface area contributed by atoms with Crippen molar-refractivity contribution < 1.29 is 13.2 Å². The number of aromatic nitrogens is 2. The van der Waals surface area contributed by atoms with Gasteiger partial charge in [0.15, 0.2) is 0 Å². The molecule has 0 radical (unpaired) electrons. The molecule has 0 aliphatic carbocycles. The van der Waals surface area contributed by atoms with Crippen LogP contribution in [0.15, 0.2) is 41.6 Å². The average molecular weight is 412 g/mol. The first-order valence-corrected chi connectivity index (χ1v) is 9.72. The molecule has 1 fully saturated rings. The van der Waals surface area contributed by atoms with Gasteiger partial charge in [0.1, 0.15) is 0 Å². The van der Waals surface area contributed by atoms with Crippen molar-refractivity contribution >= 4 is 28.3 Å². The summed E-state index contributed by atoms with van der Waals surface area (Å²) >= 11 is 0. The number of carbonyl (C=O) groups excluding carboxylic acids is 1. The molecule has 0 bridgehead atoms. The fraction of sp³-hybridized carbons (Fsp3) is 0.353. The molecule has 10 heteroatoms. The smallest absolute Gasteiger partial charge is 0.251 e. The highest BCUT2D eigenvalue weighted by Crippen LogP contribution is 2.21. The zero-order valence-electron chi connectivity index (χ0n) is 14.8. The maximum Gasteiger partial charge on any atom is 0.251 e. The zero-order chi connectivity index (χ0) is 18.7. The number of sulfonamides is 1. The zero-order valence-corrected chi connectivity index (χ0v) is 16.5. The Kier molecular flexibility index (Phi) is 6.88. The van der Waals surface area contributed by atoms with E-state index in [1.165, 1.54) is 16.4 Å². The number of nitrogens with zero attached hydrogens (tertiary/aromatic N) is 3. The van der Waals surface area contributed by atoms with Crippen molar-refractivity contribution in [2.45, 2.75) is 30.8 Å². The molecule has 0 saturated carbocycles. The van der Waals surface area contributed by atoms with Gasteiger partial charge in [0.25, 0.3) is 5.91 Å². The van der Waals surface area contributed by atoms with Gasteiger partial charge in [-0.15, -0.1) is 12.4 Å². The minimum absolute atomic E-state index is 0. The molecule has 2 aromatic rings. The highest BCUT2D eigenvalue weighted by atomic mass is 35.5. The molecule has 1 aliphatic heterocycles. The quantitative estimate of drug-likeness (QED) is 0.753. The largest absolute Gasteiger partial charge is 0.346 e. The normalized spacial score (nSPS) is 17.3. The van der Waals surface area contributed by atoms with Crippen LogP contribution in [0.5, 0.6) is 0 Å². The van der Waals surface area contributed by atoms with Crippen LogP contribution in [-0.4, -0.2) is 47.7 Å². The topological polar surface area (TPSA) is 118 Å². The molecular formula is C17H22ClN5O3S. The number of amides is 1. The fourth-order valence-corrected chi connectivity index (χ4v) is 4.26. The van der Waals surface area contributed by atoms with Gasteiger partial charge >= 0.3 is 0 Å². The van der Waals surface area contributed by atoms with E-state index in [1.807, 2.05) is 6.92 Å². The van der Waals surface area contributed by atoms with Crippen molar-refractivity contribution in [2.75, 3.05) is 13.1 Å². The van der Waals surface area contributed by atoms with E-state index in [-0.39, 0.29) is 41.4 Å². The minimum Gasteiger partial charge on any atom is -0.346 e. The Hall–Kier alpha value is -2.07. The maximum atomic E-state index is 12.7. The molecule has 146 valence electrons. The summed E-state index contributed by atoms with van der Waals surface area (Å²) in [4.78, 5) is 20.7. The molecule has 1 unspecified atom stereocenters. The summed E-state index contributed by atoms with van der Waals surface area (Å²) in [7, 11) is -3.65. The Morgan fingerprint density at radius 1 is 1.33 bits per heavy atom. The Balaban J connectivity index is 0.00000261. The van der Waals surface area contributed by atoms with Crippen LogP contribution in [0.3, 0.4) is 0 Å². The van der Waals surface area contributed by atoms with E-state index in [0.717, 1.165) is 5.69 Å². The molecule has 1 aromatic carbocycles. The number of benzene rings is 1. The second-order valence-electron chi connectivity index (χ2n) is 6.27. The molecule has 1 atom stereocenters. The van der Waals surface area contributed by atoms with Crippen LogP contribution in [0.2, 0.25) is 0 Å². The Morgan fingerprint density at radius 3 is 2.74 bits per heavy atom. The summed E-state index contributed by atoms with van der Waals surface area (Å²) in [5, 5.41) is 2.72. The molecule has 1 saturated heterocycles.